The van der Waals surface area contributed by atoms with Crippen LogP contribution in [0.15, 0.2) is 65.8 Å². The molecule has 0 saturated heterocycles. The van der Waals surface area contributed by atoms with Crippen molar-refractivity contribution in [1.82, 2.24) is 9.78 Å². The van der Waals surface area contributed by atoms with Crippen LogP contribution in [0.4, 0.5) is 5.69 Å². The minimum atomic E-state index is -3.71. The van der Waals surface area contributed by atoms with E-state index in [1.54, 1.807) is 10.7 Å². The number of sulfonamides is 1. The van der Waals surface area contributed by atoms with Gasteiger partial charge in [-0.2, -0.15) is 5.10 Å². The first-order valence-corrected chi connectivity index (χ1v) is 9.36. The fourth-order valence-corrected chi connectivity index (χ4v) is 4.23. The molecule has 0 saturated carbocycles. The Balaban J connectivity index is 1.73. The highest BCUT2D eigenvalue weighted by atomic mass is 32.2. The highest BCUT2D eigenvalue weighted by molar-refractivity contribution is 7.92. The third kappa shape index (κ3) is 2.76. The number of fused-ring (bicyclic) bond motifs is 1. The van der Waals surface area contributed by atoms with Crippen molar-refractivity contribution in [2.45, 2.75) is 11.8 Å². The van der Waals surface area contributed by atoms with Gasteiger partial charge < -0.3 is 4.74 Å². The van der Waals surface area contributed by atoms with Crippen molar-refractivity contribution in [3.63, 3.8) is 0 Å². The number of hydrogen-bond acceptors (Lipinski definition) is 4. The van der Waals surface area contributed by atoms with Gasteiger partial charge in [0.2, 0.25) is 0 Å². The molecule has 7 heteroatoms. The molecule has 0 aliphatic carbocycles. The summed E-state index contributed by atoms with van der Waals surface area (Å²) in [6.07, 6.45) is 2.92. The van der Waals surface area contributed by atoms with E-state index in [4.69, 9.17) is 4.74 Å². The average molecular weight is 355 g/mol. The molecule has 128 valence electrons. The zero-order valence-corrected chi connectivity index (χ0v) is 14.5. The second kappa shape index (κ2) is 5.93. The Bertz CT molecular complexity index is 1010. The van der Waals surface area contributed by atoms with Crippen molar-refractivity contribution >= 4 is 15.7 Å². The lowest BCUT2D eigenvalue weighted by molar-refractivity contribution is 0.315. The van der Waals surface area contributed by atoms with Gasteiger partial charge in [-0.3, -0.25) is 4.31 Å². The monoisotopic (exact) mass is 355 g/mol. The number of hydrogen-bond donors (Lipinski definition) is 0. The van der Waals surface area contributed by atoms with Crippen molar-refractivity contribution in [3.8, 4) is 11.4 Å². The maximum Gasteiger partial charge on any atom is 0.267 e. The molecular formula is C18H17N3O3S. The average Bonchev–Trinajstić information content (AvgIpc) is 3.12. The molecule has 0 atom stereocenters. The number of benzene rings is 2. The molecule has 0 spiro atoms. The molecule has 0 amide bonds. The molecule has 0 N–H and O–H groups in total. The third-order valence-corrected chi connectivity index (χ3v) is 5.87. The van der Waals surface area contributed by atoms with Gasteiger partial charge in [0.1, 0.15) is 17.3 Å². The fraction of sp³-hybridized carbons (Fsp3) is 0.167. The second-order valence-corrected chi connectivity index (χ2v) is 7.72. The van der Waals surface area contributed by atoms with Gasteiger partial charge in [-0.15, -0.1) is 0 Å². The molecule has 0 radical (unpaired) electrons. The quantitative estimate of drug-likeness (QED) is 0.725. The van der Waals surface area contributed by atoms with E-state index in [2.05, 4.69) is 5.10 Å². The fourth-order valence-electron chi connectivity index (χ4n) is 2.84. The number of ether oxygens (including phenoxy) is 1. The predicted molar refractivity (Wildman–Crippen MR) is 94.8 cm³/mol. The van der Waals surface area contributed by atoms with E-state index < -0.39 is 10.0 Å². The maximum atomic E-state index is 13.1. The number of nitrogens with zero attached hydrogens (tertiary/aromatic N) is 3. The highest BCUT2D eigenvalue weighted by Gasteiger charge is 2.31. The Labute approximate surface area is 146 Å². The van der Waals surface area contributed by atoms with E-state index in [0.29, 0.717) is 18.0 Å². The number of rotatable bonds is 3. The molecule has 1 aliphatic heterocycles. The minimum absolute atomic E-state index is 0.157. The van der Waals surface area contributed by atoms with E-state index in [1.807, 2.05) is 49.4 Å². The predicted octanol–water partition coefficient (Wildman–Crippen LogP) is 2.77. The molecule has 1 aliphatic rings. The molecule has 2 aromatic carbocycles. The topological polar surface area (TPSA) is 64.4 Å². The summed E-state index contributed by atoms with van der Waals surface area (Å²) >= 11 is 0. The van der Waals surface area contributed by atoms with Crippen molar-refractivity contribution < 1.29 is 13.2 Å². The van der Waals surface area contributed by atoms with E-state index >= 15 is 0 Å². The van der Waals surface area contributed by atoms with Gasteiger partial charge in [0, 0.05) is 0 Å². The lowest BCUT2D eigenvalue weighted by atomic mass is 10.2. The summed E-state index contributed by atoms with van der Waals surface area (Å²) in [5.41, 5.74) is 2.39. The first-order valence-electron chi connectivity index (χ1n) is 7.92. The Morgan fingerprint density at radius 1 is 1.12 bits per heavy atom. The van der Waals surface area contributed by atoms with Crippen LogP contribution in [0, 0.1) is 6.92 Å². The lowest BCUT2D eigenvalue weighted by Crippen LogP contribution is -2.37. The van der Waals surface area contributed by atoms with Gasteiger partial charge >= 0.3 is 0 Å². The Kier molecular flexibility index (Phi) is 3.73. The number of aromatic nitrogens is 2. The van der Waals surface area contributed by atoms with Crippen LogP contribution in [-0.4, -0.2) is 31.3 Å². The molecule has 0 unspecified atom stereocenters. The standard InChI is InChI=1S/C18H17N3O3S/c1-14-7-8-17-18(11-14)24-10-9-21(17)25(22,23)16-12-19-20(13-16)15-5-3-2-4-6-15/h2-8,11-13H,9-10H2,1H3. The van der Waals surface area contributed by atoms with E-state index in [1.165, 1.54) is 16.7 Å². The number of anilines is 1. The summed E-state index contributed by atoms with van der Waals surface area (Å²) in [6.45, 7) is 2.54. The Morgan fingerprint density at radius 3 is 2.72 bits per heavy atom. The smallest absolute Gasteiger partial charge is 0.267 e. The normalized spacial score (nSPS) is 14.0. The molecule has 6 nitrogen and oxygen atoms in total. The van der Waals surface area contributed by atoms with Crippen LogP contribution in [0.5, 0.6) is 5.75 Å². The van der Waals surface area contributed by atoms with Gasteiger partial charge in [-0.25, -0.2) is 13.1 Å². The van der Waals surface area contributed by atoms with E-state index in [9.17, 15) is 8.42 Å². The highest BCUT2D eigenvalue weighted by Crippen LogP contribution is 2.35. The van der Waals surface area contributed by atoms with Crippen LogP contribution < -0.4 is 9.04 Å². The second-order valence-electron chi connectivity index (χ2n) is 5.85. The van der Waals surface area contributed by atoms with Crippen molar-refractivity contribution in [3.05, 3.63) is 66.5 Å². The van der Waals surface area contributed by atoms with Crippen molar-refractivity contribution in [1.29, 1.82) is 0 Å². The molecule has 2 heterocycles. The first-order chi connectivity index (χ1) is 12.1. The summed E-state index contributed by atoms with van der Waals surface area (Å²) in [5, 5.41) is 4.20. The Hall–Kier alpha value is -2.80. The summed E-state index contributed by atoms with van der Waals surface area (Å²) in [5.74, 6) is 0.588. The number of aryl methyl sites for hydroxylation is 1. The largest absolute Gasteiger partial charge is 0.489 e. The minimum Gasteiger partial charge on any atom is -0.489 e. The molecule has 0 fully saturated rings. The van der Waals surface area contributed by atoms with Gasteiger partial charge in [-0.05, 0) is 36.8 Å². The number of para-hydroxylation sites is 1. The van der Waals surface area contributed by atoms with E-state index in [0.717, 1.165) is 11.3 Å². The lowest BCUT2D eigenvalue weighted by Gasteiger charge is -2.30. The molecular weight excluding hydrogens is 338 g/mol. The van der Waals surface area contributed by atoms with Crippen LogP contribution in [0.3, 0.4) is 0 Å². The zero-order chi connectivity index (χ0) is 17.4. The van der Waals surface area contributed by atoms with Crippen LogP contribution in [0.2, 0.25) is 0 Å². The van der Waals surface area contributed by atoms with Crippen LogP contribution >= 0.6 is 0 Å². The summed E-state index contributed by atoms with van der Waals surface area (Å²) < 4.78 is 34.8. The third-order valence-electron chi connectivity index (χ3n) is 4.10. The van der Waals surface area contributed by atoms with Crippen molar-refractivity contribution in [2.24, 2.45) is 0 Å². The SMILES string of the molecule is Cc1ccc2c(c1)OCCN2S(=O)(=O)c1cnn(-c2ccccc2)c1. The van der Waals surface area contributed by atoms with Gasteiger partial charge in [-0.1, -0.05) is 24.3 Å². The maximum absolute atomic E-state index is 13.1. The molecule has 0 bridgehead atoms. The van der Waals surface area contributed by atoms with Gasteiger partial charge in [0.15, 0.2) is 0 Å². The van der Waals surface area contributed by atoms with Crippen LogP contribution in [0.25, 0.3) is 5.69 Å². The molecule has 3 aromatic rings. The van der Waals surface area contributed by atoms with E-state index in [-0.39, 0.29) is 11.4 Å². The molecule has 4 rings (SSSR count). The zero-order valence-electron chi connectivity index (χ0n) is 13.7. The first kappa shape index (κ1) is 15.7. The van der Waals surface area contributed by atoms with Crippen LogP contribution in [0.1, 0.15) is 5.56 Å². The summed E-state index contributed by atoms with van der Waals surface area (Å²) in [4.78, 5) is 0.157. The van der Waals surface area contributed by atoms with Gasteiger partial charge in [0.05, 0.1) is 30.3 Å². The van der Waals surface area contributed by atoms with Crippen molar-refractivity contribution in [2.75, 3.05) is 17.5 Å². The van der Waals surface area contributed by atoms with Gasteiger partial charge in [0.25, 0.3) is 10.0 Å². The summed E-state index contributed by atoms with van der Waals surface area (Å²) in [6, 6.07) is 14.9. The Morgan fingerprint density at radius 2 is 1.92 bits per heavy atom. The molecule has 25 heavy (non-hydrogen) atoms. The molecule has 1 aromatic heterocycles. The summed E-state index contributed by atoms with van der Waals surface area (Å²) in [7, 11) is -3.71. The van der Waals surface area contributed by atoms with Crippen LogP contribution in [-0.2, 0) is 10.0 Å².